The average Bonchev–Trinajstić information content (AvgIpc) is 2.95. The van der Waals surface area contributed by atoms with Crippen molar-refractivity contribution in [3.63, 3.8) is 0 Å². The summed E-state index contributed by atoms with van der Waals surface area (Å²) in [5.41, 5.74) is 1.61. The highest BCUT2D eigenvalue weighted by Crippen LogP contribution is 2.35. The third-order valence-corrected chi connectivity index (χ3v) is 4.10. The Bertz CT molecular complexity index is 529. The third-order valence-electron chi connectivity index (χ3n) is 4.10. The highest BCUT2D eigenvalue weighted by Gasteiger charge is 2.41. The Morgan fingerprint density at radius 3 is 2.85 bits per heavy atom. The van der Waals surface area contributed by atoms with E-state index < -0.39 is 17.3 Å². The molecule has 0 radical (unpaired) electrons. The molecule has 20 heavy (non-hydrogen) atoms. The van der Waals surface area contributed by atoms with Gasteiger partial charge in [-0.3, -0.25) is 9.48 Å². The number of aryl methyl sites for hydroxylation is 1. The predicted octanol–water partition coefficient (Wildman–Crippen LogP) is 1.32. The first-order valence-electron chi connectivity index (χ1n) is 6.98. The van der Waals surface area contributed by atoms with Gasteiger partial charge in [0, 0.05) is 19.0 Å². The van der Waals surface area contributed by atoms with Gasteiger partial charge in [-0.25, -0.2) is 0 Å². The Balaban J connectivity index is 1.84. The number of hydrogen-bond acceptors (Lipinski definition) is 4. The lowest BCUT2D eigenvalue weighted by atomic mass is 9.92. The van der Waals surface area contributed by atoms with Gasteiger partial charge in [-0.15, -0.1) is 0 Å². The zero-order valence-electron chi connectivity index (χ0n) is 11.9. The minimum atomic E-state index is -0.817. The SMILES string of the molecule is CC(C)(CC(=O)O)n1cc2c(n1)CCC1(C2)OCCO1. The number of carboxylic acids is 1. The van der Waals surface area contributed by atoms with Crippen LogP contribution in [0.5, 0.6) is 0 Å². The lowest BCUT2D eigenvalue weighted by Crippen LogP contribution is -2.36. The van der Waals surface area contributed by atoms with Gasteiger partial charge in [0.15, 0.2) is 5.79 Å². The maximum absolute atomic E-state index is 11.0. The fraction of sp³-hybridized carbons (Fsp3) is 0.714. The van der Waals surface area contributed by atoms with Gasteiger partial charge in [0.05, 0.1) is 30.9 Å². The molecule has 2 heterocycles. The summed E-state index contributed by atoms with van der Waals surface area (Å²) in [5.74, 6) is -1.29. The number of aromatic nitrogens is 2. The molecule has 1 N–H and O–H groups in total. The molecule has 1 aromatic rings. The first kappa shape index (κ1) is 13.6. The zero-order chi connectivity index (χ0) is 14.4. The summed E-state index contributed by atoms with van der Waals surface area (Å²) in [6.45, 7) is 5.07. The smallest absolute Gasteiger partial charge is 0.305 e. The van der Waals surface area contributed by atoms with Crippen LogP contribution in [0.15, 0.2) is 6.20 Å². The summed E-state index contributed by atoms with van der Waals surface area (Å²) in [5, 5.41) is 13.6. The van der Waals surface area contributed by atoms with Crippen molar-refractivity contribution in [1.82, 2.24) is 9.78 Å². The number of carbonyl (C=O) groups is 1. The van der Waals surface area contributed by atoms with Gasteiger partial charge in [0.1, 0.15) is 0 Å². The fourth-order valence-corrected chi connectivity index (χ4v) is 3.00. The molecule has 1 aromatic heterocycles. The topological polar surface area (TPSA) is 73.6 Å². The van der Waals surface area contributed by atoms with E-state index in [1.807, 2.05) is 20.0 Å². The molecule has 110 valence electrons. The third kappa shape index (κ3) is 2.33. The molecule has 3 rings (SSSR count). The molecule has 0 saturated carbocycles. The Hall–Kier alpha value is -1.40. The molecule has 0 amide bonds. The highest BCUT2D eigenvalue weighted by molar-refractivity contribution is 5.67. The molecule has 1 aliphatic carbocycles. The Morgan fingerprint density at radius 1 is 1.50 bits per heavy atom. The number of fused-ring (bicyclic) bond motifs is 1. The molecule has 1 fully saturated rings. The zero-order valence-corrected chi connectivity index (χ0v) is 11.9. The second kappa shape index (κ2) is 4.56. The van der Waals surface area contributed by atoms with E-state index in [0.717, 1.165) is 24.1 Å². The van der Waals surface area contributed by atoms with Gasteiger partial charge in [0.25, 0.3) is 0 Å². The quantitative estimate of drug-likeness (QED) is 0.904. The number of hydrogen-bond donors (Lipinski definition) is 1. The molecule has 0 unspecified atom stereocenters. The second-order valence-corrected chi connectivity index (χ2v) is 6.21. The Kier molecular flexibility index (Phi) is 3.10. The van der Waals surface area contributed by atoms with E-state index in [0.29, 0.717) is 19.6 Å². The van der Waals surface area contributed by atoms with Gasteiger partial charge in [-0.05, 0) is 25.8 Å². The van der Waals surface area contributed by atoms with Crippen LogP contribution in [0.2, 0.25) is 0 Å². The van der Waals surface area contributed by atoms with Gasteiger partial charge >= 0.3 is 5.97 Å². The number of nitrogens with zero attached hydrogens (tertiary/aromatic N) is 2. The number of carboxylic acid groups (broad SMARTS) is 1. The molecule has 1 spiro atoms. The minimum Gasteiger partial charge on any atom is -0.481 e. The Labute approximate surface area is 117 Å². The molecule has 1 saturated heterocycles. The summed E-state index contributed by atoms with van der Waals surface area (Å²) in [6, 6.07) is 0. The van der Waals surface area contributed by atoms with Crippen LogP contribution in [0, 0.1) is 0 Å². The maximum atomic E-state index is 11.0. The van der Waals surface area contributed by atoms with Crippen molar-refractivity contribution in [3.05, 3.63) is 17.5 Å². The minimum absolute atomic E-state index is 0.0473. The molecule has 0 atom stereocenters. The van der Waals surface area contributed by atoms with Crippen LogP contribution in [0.3, 0.4) is 0 Å². The van der Waals surface area contributed by atoms with Crippen molar-refractivity contribution in [2.24, 2.45) is 0 Å². The molecule has 2 aliphatic rings. The second-order valence-electron chi connectivity index (χ2n) is 6.21. The van der Waals surface area contributed by atoms with E-state index in [4.69, 9.17) is 14.6 Å². The van der Waals surface area contributed by atoms with Crippen molar-refractivity contribution in [2.45, 2.75) is 50.9 Å². The summed E-state index contributed by atoms with van der Waals surface area (Å²) < 4.78 is 13.3. The number of aliphatic carboxylic acids is 1. The maximum Gasteiger partial charge on any atom is 0.305 e. The predicted molar refractivity (Wildman–Crippen MR) is 70.5 cm³/mol. The van der Waals surface area contributed by atoms with Crippen LogP contribution >= 0.6 is 0 Å². The largest absolute Gasteiger partial charge is 0.481 e. The molecule has 6 nitrogen and oxygen atoms in total. The summed E-state index contributed by atoms with van der Waals surface area (Å²) in [7, 11) is 0. The molecule has 6 heteroatoms. The van der Waals surface area contributed by atoms with Gasteiger partial charge in [-0.2, -0.15) is 5.10 Å². The van der Waals surface area contributed by atoms with E-state index in [2.05, 4.69) is 5.10 Å². The summed E-state index contributed by atoms with van der Waals surface area (Å²) in [4.78, 5) is 11.0. The van der Waals surface area contributed by atoms with Gasteiger partial charge in [0.2, 0.25) is 0 Å². The van der Waals surface area contributed by atoms with Crippen molar-refractivity contribution < 1.29 is 19.4 Å². The van der Waals surface area contributed by atoms with E-state index in [1.165, 1.54) is 0 Å². The first-order chi connectivity index (χ1) is 9.40. The molecule has 0 aromatic carbocycles. The van der Waals surface area contributed by atoms with Crippen LogP contribution in [-0.2, 0) is 32.6 Å². The van der Waals surface area contributed by atoms with Crippen LogP contribution in [0.25, 0.3) is 0 Å². The number of ether oxygens (including phenoxy) is 2. The lowest BCUT2D eigenvalue weighted by Gasteiger charge is -2.30. The van der Waals surface area contributed by atoms with Crippen molar-refractivity contribution in [1.29, 1.82) is 0 Å². The van der Waals surface area contributed by atoms with Crippen LogP contribution in [0.1, 0.15) is 37.9 Å². The van der Waals surface area contributed by atoms with E-state index >= 15 is 0 Å². The lowest BCUT2D eigenvalue weighted by molar-refractivity contribution is -0.163. The van der Waals surface area contributed by atoms with Crippen molar-refractivity contribution in [3.8, 4) is 0 Å². The van der Waals surface area contributed by atoms with Crippen molar-refractivity contribution in [2.75, 3.05) is 13.2 Å². The normalized spacial score (nSPS) is 21.1. The van der Waals surface area contributed by atoms with Crippen LogP contribution in [-0.4, -0.2) is 39.9 Å². The van der Waals surface area contributed by atoms with Gasteiger partial charge < -0.3 is 14.6 Å². The Morgan fingerprint density at radius 2 is 2.20 bits per heavy atom. The van der Waals surface area contributed by atoms with E-state index in [-0.39, 0.29) is 6.42 Å². The number of rotatable bonds is 3. The molecule has 0 bridgehead atoms. The first-order valence-corrected chi connectivity index (χ1v) is 6.98. The average molecular weight is 280 g/mol. The molecular weight excluding hydrogens is 260 g/mol. The van der Waals surface area contributed by atoms with E-state index in [1.54, 1.807) is 4.68 Å². The molecular formula is C14H20N2O4. The van der Waals surface area contributed by atoms with Crippen molar-refractivity contribution >= 4 is 5.97 Å². The highest BCUT2D eigenvalue weighted by atomic mass is 16.7. The van der Waals surface area contributed by atoms with Gasteiger partial charge in [-0.1, -0.05) is 0 Å². The van der Waals surface area contributed by atoms with Crippen LogP contribution in [0.4, 0.5) is 0 Å². The fourth-order valence-electron chi connectivity index (χ4n) is 3.00. The van der Waals surface area contributed by atoms with E-state index in [9.17, 15) is 4.79 Å². The summed E-state index contributed by atoms with van der Waals surface area (Å²) in [6.07, 6.45) is 4.32. The summed E-state index contributed by atoms with van der Waals surface area (Å²) >= 11 is 0. The monoisotopic (exact) mass is 280 g/mol. The standard InChI is InChI=1S/C14H20N2O4/c1-13(2,8-12(17)18)16-9-10-7-14(19-5-6-20-14)4-3-11(10)15-16/h9H,3-8H2,1-2H3,(H,17,18). The molecule has 1 aliphatic heterocycles. The van der Waals surface area contributed by atoms with Crippen LogP contribution < -0.4 is 0 Å².